The Hall–Kier alpha value is -0.790. The standard InChI is InChI=1S/C10H14BrN5S/c1-3-4-16-10(7(11)5-13-16)9(12-2)8-6-14-17-15-8/h5-6,9,12H,3-4H2,1-2H3. The molecule has 0 bridgehead atoms. The predicted molar refractivity (Wildman–Crippen MR) is 71.0 cm³/mol. The van der Waals surface area contributed by atoms with E-state index in [1.807, 2.05) is 17.9 Å². The first kappa shape index (κ1) is 12.7. The Morgan fingerprint density at radius 1 is 1.53 bits per heavy atom. The molecule has 2 aromatic heterocycles. The Morgan fingerprint density at radius 3 is 2.94 bits per heavy atom. The molecule has 0 aliphatic rings. The van der Waals surface area contributed by atoms with Crippen molar-refractivity contribution < 1.29 is 0 Å². The zero-order chi connectivity index (χ0) is 12.3. The molecule has 2 rings (SSSR count). The van der Waals surface area contributed by atoms with Crippen LogP contribution in [0.1, 0.15) is 30.8 Å². The van der Waals surface area contributed by atoms with Gasteiger partial charge in [-0.25, -0.2) is 0 Å². The van der Waals surface area contributed by atoms with Crippen LogP contribution < -0.4 is 5.32 Å². The van der Waals surface area contributed by atoms with Gasteiger partial charge in [-0.15, -0.1) is 0 Å². The summed E-state index contributed by atoms with van der Waals surface area (Å²) in [6, 6.07) is 0.0252. The average molecular weight is 316 g/mol. The van der Waals surface area contributed by atoms with Crippen molar-refractivity contribution >= 4 is 27.7 Å². The topological polar surface area (TPSA) is 55.6 Å². The Labute approximate surface area is 113 Å². The molecule has 0 spiro atoms. The fourth-order valence-corrected chi connectivity index (χ4v) is 2.75. The maximum absolute atomic E-state index is 4.37. The van der Waals surface area contributed by atoms with E-state index in [9.17, 15) is 0 Å². The van der Waals surface area contributed by atoms with Gasteiger partial charge in [-0.2, -0.15) is 13.8 Å². The van der Waals surface area contributed by atoms with E-state index in [2.05, 4.69) is 42.0 Å². The fourth-order valence-electron chi connectivity index (χ4n) is 1.77. The fraction of sp³-hybridized carbons (Fsp3) is 0.500. The normalized spacial score (nSPS) is 12.9. The molecule has 0 radical (unpaired) electrons. The van der Waals surface area contributed by atoms with Crippen LogP contribution in [0.25, 0.3) is 0 Å². The van der Waals surface area contributed by atoms with Crippen LogP contribution in [-0.4, -0.2) is 25.6 Å². The number of aromatic nitrogens is 4. The summed E-state index contributed by atoms with van der Waals surface area (Å²) in [5.41, 5.74) is 2.03. The van der Waals surface area contributed by atoms with Gasteiger partial charge in [0.25, 0.3) is 0 Å². The molecule has 0 amide bonds. The highest BCUT2D eigenvalue weighted by molar-refractivity contribution is 9.10. The van der Waals surface area contributed by atoms with Crippen LogP contribution in [-0.2, 0) is 6.54 Å². The highest BCUT2D eigenvalue weighted by atomic mass is 79.9. The zero-order valence-electron chi connectivity index (χ0n) is 9.72. The van der Waals surface area contributed by atoms with Gasteiger partial charge in [-0.1, -0.05) is 6.92 Å². The zero-order valence-corrected chi connectivity index (χ0v) is 12.1. The van der Waals surface area contributed by atoms with E-state index in [0.717, 1.165) is 28.8 Å². The highest BCUT2D eigenvalue weighted by Crippen LogP contribution is 2.27. The Balaban J connectivity index is 2.39. The van der Waals surface area contributed by atoms with Crippen LogP contribution in [0.5, 0.6) is 0 Å². The molecule has 0 aliphatic carbocycles. The van der Waals surface area contributed by atoms with Gasteiger partial charge < -0.3 is 5.32 Å². The summed E-state index contributed by atoms with van der Waals surface area (Å²) in [5.74, 6) is 0. The van der Waals surface area contributed by atoms with Crippen LogP contribution in [0.4, 0.5) is 0 Å². The molecule has 2 aromatic rings. The van der Waals surface area contributed by atoms with Crippen molar-refractivity contribution in [3.05, 3.63) is 28.3 Å². The van der Waals surface area contributed by atoms with Crippen LogP contribution in [0.3, 0.4) is 0 Å². The maximum atomic E-state index is 4.37. The largest absolute Gasteiger partial charge is 0.307 e. The van der Waals surface area contributed by atoms with Gasteiger partial charge in [0.1, 0.15) is 0 Å². The third-order valence-electron chi connectivity index (χ3n) is 2.50. The van der Waals surface area contributed by atoms with Gasteiger partial charge in [0.2, 0.25) is 0 Å². The molecule has 1 unspecified atom stereocenters. The molecule has 5 nitrogen and oxygen atoms in total. The molecule has 0 saturated heterocycles. The van der Waals surface area contributed by atoms with Crippen molar-refractivity contribution in [3.63, 3.8) is 0 Å². The van der Waals surface area contributed by atoms with E-state index < -0.39 is 0 Å². The van der Waals surface area contributed by atoms with E-state index >= 15 is 0 Å². The summed E-state index contributed by atoms with van der Waals surface area (Å²) < 4.78 is 11.3. The van der Waals surface area contributed by atoms with Crippen LogP contribution in [0, 0.1) is 0 Å². The van der Waals surface area contributed by atoms with Crippen LogP contribution in [0.2, 0.25) is 0 Å². The Morgan fingerprint density at radius 2 is 2.35 bits per heavy atom. The predicted octanol–water partition coefficient (Wildman–Crippen LogP) is 2.22. The molecule has 2 heterocycles. The monoisotopic (exact) mass is 315 g/mol. The maximum Gasteiger partial charge on any atom is 0.0973 e. The van der Waals surface area contributed by atoms with E-state index in [0.29, 0.717) is 0 Å². The first-order valence-corrected chi connectivity index (χ1v) is 6.96. The second kappa shape index (κ2) is 5.70. The van der Waals surface area contributed by atoms with Crippen molar-refractivity contribution in [1.82, 2.24) is 23.8 Å². The summed E-state index contributed by atoms with van der Waals surface area (Å²) in [6.45, 7) is 3.04. The lowest BCUT2D eigenvalue weighted by atomic mass is 10.1. The van der Waals surface area contributed by atoms with Gasteiger partial charge in [-0.3, -0.25) is 4.68 Å². The summed E-state index contributed by atoms with van der Waals surface area (Å²) in [4.78, 5) is 0. The molecule has 0 aromatic carbocycles. The van der Waals surface area contributed by atoms with Gasteiger partial charge in [0, 0.05) is 6.54 Å². The molecular formula is C10H14BrN5S. The van der Waals surface area contributed by atoms with Gasteiger partial charge in [0.15, 0.2) is 0 Å². The lowest BCUT2D eigenvalue weighted by molar-refractivity contribution is 0.529. The van der Waals surface area contributed by atoms with Crippen molar-refractivity contribution in [3.8, 4) is 0 Å². The minimum absolute atomic E-state index is 0.0252. The molecule has 92 valence electrons. The average Bonchev–Trinajstić information content (AvgIpc) is 2.94. The number of aryl methyl sites for hydroxylation is 1. The first-order valence-electron chi connectivity index (χ1n) is 5.43. The number of nitrogens with one attached hydrogen (secondary N) is 1. The van der Waals surface area contributed by atoms with Crippen molar-refractivity contribution in [2.75, 3.05) is 7.05 Å². The number of halogens is 1. The minimum atomic E-state index is 0.0252. The molecule has 0 saturated carbocycles. The molecule has 7 heteroatoms. The Kier molecular flexibility index (Phi) is 4.25. The smallest absolute Gasteiger partial charge is 0.0973 e. The lowest BCUT2D eigenvalue weighted by Crippen LogP contribution is -2.22. The minimum Gasteiger partial charge on any atom is -0.307 e. The number of hydrogen-bond donors (Lipinski definition) is 1. The third kappa shape index (κ3) is 2.56. The summed E-state index contributed by atoms with van der Waals surface area (Å²) in [7, 11) is 1.92. The molecule has 1 N–H and O–H groups in total. The van der Waals surface area contributed by atoms with Crippen molar-refractivity contribution in [2.24, 2.45) is 0 Å². The summed E-state index contributed by atoms with van der Waals surface area (Å²) >= 11 is 4.77. The quantitative estimate of drug-likeness (QED) is 0.919. The number of hydrogen-bond acceptors (Lipinski definition) is 5. The SMILES string of the molecule is CCCn1ncc(Br)c1C(NC)c1cnsn1. The first-order chi connectivity index (χ1) is 8.27. The second-order valence-corrected chi connectivity index (χ2v) is 5.07. The molecule has 1 atom stereocenters. The molecule has 17 heavy (non-hydrogen) atoms. The van der Waals surface area contributed by atoms with Gasteiger partial charge >= 0.3 is 0 Å². The number of rotatable bonds is 5. The third-order valence-corrected chi connectivity index (χ3v) is 3.61. The van der Waals surface area contributed by atoms with Gasteiger partial charge in [0.05, 0.1) is 46.0 Å². The van der Waals surface area contributed by atoms with Crippen LogP contribution >= 0.6 is 27.7 Å². The number of nitrogens with zero attached hydrogens (tertiary/aromatic N) is 4. The molecular weight excluding hydrogens is 302 g/mol. The molecule has 0 aliphatic heterocycles. The van der Waals surface area contributed by atoms with E-state index in [-0.39, 0.29) is 6.04 Å². The van der Waals surface area contributed by atoms with Crippen LogP contribution in [0.15, 0.2) is 16.9 Å². The summed E-state index contributed by atoms with van der Waals surface area (Å²) in [5, 5.41) is 7.63. The van der Waals surface area contributed by atoms with E-state index in [1.165, 1.54) is 11.7 Å². The van der Waals surface area contributed by atoms with E-state index in [4.69, 9.17) is 0 Å². The second-order valence-electron chi connectivity index (χ2n) is 3.65. The van der Waals surface area contributed by atoms with E-state index in [1.54, 1.807) is 6.20 Å². The Bertz CT molecular complexity index is 467. The lowest BCUT2D eigenvalue weighted by Gasteiger charge is -2.16. The molecule has 0 fully saturated rings. The van der Waals surface area contributed by atoms with Crippen molar-refractivity contribution in [2.45, 2.75) is 25.9 Å². The van der Waals surface area contributed by atoms with Gasteiger partial charge in [-0.05, 0) is 29.4 Å². The summed E-state index contributed by atoms with van der Waals surface area (Å²) in [6.07, 6.45) is 4.67. The van der Waals surface area contributed by atoms with Crippen molar-refractivity contribution in [1.29, 1.82) is 0 Å². The highest BCUT2D eigenvalue weighted by Gasteiger charge is 2.22.